The van der Waals surface area contributed by atoms with Crippen molar-refractivity contribution < 1.29 is 29.6 Å². The smallest absolute Gasteiger partial charge is 0.336 e. The van der Waals surface area contributed by atoms with E-state index in [0.29, 0.717) is 5.56 Å². The summed E-state index contributed by atoms with van der Waals surface area (Å²) in [6.45, 7) is 1.96. The molecule has 1 aromatic heterocycles. The molecule has 0 radical (unpaired) electrons. The molecule has 9 nitrogen and oxygen atoms in total. The van der Waals surface area contributed by atoms with Gasteiger partial charge < -0.3 is 10.6 Å². The van der Waals surface area contributed by atoms with Crippen molar-refractivity contribution in [2.45, 2.75) is 24.8 Å². The molecule has 1 atom stereocenters. The summed E-state index contributed by atoms with van der Waals surface area (Å²) in [6.07, 6.45) is 1.12. The number of nitrogens with one attached hydrogen (secondary N) is 2. The summed E-state index contributed by atoms with van der Waals surface area (Å²) in [4.78, 5) is 27.6. The lowest BCUT2D eigenvalue weighted by atomic mass is 10.1. The van der Waals surface area contributed by atoms with Crippen LogP contribution < -0.4 is 10.6 Å². The van der Waals surface area contributed by atoms with Crippen molar-refractivity contribution >= 4 is 27.6 Å². The van der Waals surface area contributed by atoms with Crippen molar-refractivity contribution in [3.63, 3.8) is 0 Å². The number of hydrogen-bond acceptors (Lipinski definition) is 6. The number of aryl methyl sites for hydroxylation is 1. The molecule has 160 valence electrons. The topological polar surface area (TPSA) is 132 Å². The second kappa shape index (κ2) is 7.68. The molecule has 30 heavy (non-hydrogen) atoms. The summed E-state index contributed by atoms with van der Waals surface area (Å²) in [5.41, 5.74) is -0.00737. The van der Waals surface area contributed by atoms with Gasteiger partial charge in [-0.15, -0.1) is 0 Å². The standard InChI is InChI=1S/C18H15F2N5O4S.2H2/c1-9-3-13(20)17-14(4-9)24-18(27)25(30(17,28)29)8-15(26)23-10(2)16-12(19)5-11(6-21)7-22-16;;/h3-5,7,10H,8H2,1-2H3,(H,23,26)(H,24,27);2*1H/t10-;;/m0../s1. The summed E-state index contributed by atoms with van der Waals surface area (Å²) < 4.78 is 53.9. The van der Waals surface area contributed by atoms with Gasteiger partial charge in [0.1, 0.15) is 29.1 Å². The Morgan fingerprint density at radius 3 is 2.70 bits per heavy atom. The van der Waals surface area contributed by atoms with Crippen LogP contribution >= 0.6 is 0 Å². The molecule has 1 aromatic carbocycles. The predicted octanol–water partition coefficient (Wildman–Crippen LogP) is 2.45. The number of urea groups is 1. The SMILES string of the molecule is Cc1cc(F)c2c(c1)NC(=O)N(CC(=O)N[C@@H](C)c1ncc(C#N)cc1F)S2(=O)=O.[HH].[HH]. The first-order chi connectivity index (χ1) is 14.0. The van der Waals surface area contributed by atoms with Crippen LogP contribution in [0.5, 0.6) is 0 Å². The summed E-state index contributed by atoms with van der Waals surface area (Å²) in [5, 5.41) is 13.3. The number of halogens is 2. The molecule has 3 amide bonds. The molecular weight excluding hydrogens is 420 g/mol. The van der Waals surface area contributed by atoms with Gasteiger partial charge in [0.25, 0.3) is 10.0 Å². The minimum Gasteiger partial charge on any atom is -0.346 e. The molecule has 2 N–H and O–H groups in total. The fourth-order valence-electron chi connectivity index (χ4n) is 2.95. The lowest BCUT2D eigenvalue weighted by molar-refractivity contribution is -0.121. The number of sulfonamides is 1. The van der Waals surface area contributed by atoms with Crippen molar-refractivity contribution in [1.82, 2.24) is 14.6 Å². The molecule has 0 fully saturated rings. The Bertz CT molecular complexity index is 1220. The number of nitriles is 1. The van der Waals surface area contributed by atoms with Crippen LogP contribution in [0.4, 0.5) is 19.3 Å². The van der Waals surface area contributed by atoms with Gasteiger partial charge in [0.15, 0.2) is 0 Å². The van der Waals surface area contributed by atoms with Gasteiger partial charge in [0.2, 0.25) is 5.91 Å². The van der Waals surface area contributed by atoms with Gasteiger partial charge in [-0.3, -0.25) is 9.78 Å². The van der Waals surface area contributed by atoms with Gasteiger partial charge in [-0.2, -0.15) is 5.26 Å². The van der Waals surface area contributed by atoms with Crippen molar-refractivity contribution in [1.29, 1.82) is 5.26 Å². The normalized spacial score (nSPS) is 15.6. The van der Waals surface area contributed by atoms with E-state index >= 15 is 0 Å². The van der Waals surface area contributed by atoms with E-state index in [9.17, 15) is 26.8 Å². The van der Waals surface area contributed by atoms with Crippen LogP contribution in [-0.2, 0) is 14.8 Å². The number of benzene rings is 1. The van der Waals surface area contributed by atoms with Crippen LogP contribution in [0.15, 0.2) is 29.3 Å². The summed E-state index contributed by atoms with van der Waals surface area (Å²) in [6, 6.07) is 2.83. The van der Waals surface area contributed by atoms with Crippen LogP contribution in [0, 0.1) is 29.9 Å². The van der Waals surface area contributed by atoms with E-state index in [1.807, 2.05) is 0 Å². The first kappa shape index (κ1) is 21.1. The van der Waals surface area contributed by atoms with E-state index < -0.39 is 51.1 Å². The Kier molecular flexibility index (Phi) is 5.41. The number of carbonyl (C=O) groups is 2. The number of pyridine rings is 1. The molecule has 0 saturated carbocycles. The van der Waals surface area contributed by atoms with E-state index in [-0.39, 0.29) is 24.1 Å². The zero-order valence-electron chi connectivity index (χ0n) is 15.7. The summed E-state index contributed by atoms with van der Waals surface area (Å²) >= 11 is 0. The first-order valence-electron chi connectivity index (χ1n) is 8.53. The van der Waals surface area contributed by atoms with E-state index in [1.165, 1.54) is 19.9 Å². The van der Waals surface area contributed by atoms with Gasteiger partial charge in [-0.1, -0.05) is 0 Å². The van der Waals surface area contributed by atoms with Crippen molar-refractivity contribution in [2.24, 2.45) is 0 Å². The molecule has 0 saturated heterocycles. The number of rotatable bonds is 4. The molecule has 3 rings (SSSR count). The summed E-state index contributed by atoms with van der Waals surface area (Å²) in [5.74, 6) is -2.84. The molecule has 0 aliphatic carbocycles. The molecule has 0 bridgehead atoms. The zero-order chi connectivity index (χ0) is 22.2. The van der Waals surface area contributed by atoms with Crippen molar-refractivity contribution in [3.8, 4) is 6.07 Å². The Labute approximate surface area is 173 Å². The third-order valence-corrected chi connectivity index (χ3v) is 6.08. The minimum absolute atomic E-state index is 0. The highest BCUT2D eigenvalue weighted by Gasteiger charge is 2.40. The molecule has 2 aromatic rings. The lowest BCUT2D eigenvalue weighted by Crippen LogP contribution is -2.49. The number of fused-ring (bicyclic) bond motifs is 1. The lowest BCUT2D eigenvalue weighted by Gasteiger charge is -2.29. The average molecular weight is 439 g/mol. The quantitative estimate of drug-likeness (QED) is 0.752. The molecule has 0 spiro atoms. The Morgan fingerprint density at radius 2 is 2.07 bits per heavy atom. The largest absolute Gasteiger partial charge is 0.346 e. The van der Waals surface area contributed by atoms with E-state index in [1.54, 1.807) is 6.07 Å². The first-order valence-corrected chi connectivity index (χ1v) is 9.97. The summed E-state index contributed by atoms with van der Waals surface area (Å²) in [7, 11) is -4.63. The Morgan fingerprint density at radius 1 is 1.37 bits per heavy atom. The zero-order valence-corrected chi connectivity index (χ0v) is 16.5. The third kappa shape index (κ3) is 3.79. The highest BCUT2D eigenvalue weighted by atomic mass is 32.2. The maximum absolute atomic E-state index is 14.3. The number of aromatic nitrogens is 1. The van der Waals surface area contributed by atoms with Crippen LogP contribution in [-0.4, -0.2) is 36.2 Å². The number of hydrogen-bond donors (Lipinski definition) is 2. The number of anilines is 1. The van der Waals surface area contributed by atoms with Gasteiger partial charge in [-0.25, -0.2) is 26.3 Å². The molecule has 2 heterocycles. The molecule has 1 aliphatic rings. The number of amides is 3. The van der Waals surface area contributed by atoms with Crippen LogP contribution in [0.1, 0.15) is 32.6 Å². The van der Waals surface area contributed by atoms with Gasteiger partial charge in [0.05, 0.1) is 23.0 Å². The second-order valence-electron chi connectivity index (χ2n) is 6.56. The Hall–Kier alpha value is -3.59. The average Bonchev–Trinajstić information content (AvgIpc) is 2.63. The molecular formula is C18H19F2N5O4S. The Balaban J connectivity index is 0.00000256. The van der Waals surface area contributed by atoms with Gasteiger partial charge >= 0.3 is 6.03 Å². The molecule has 0 unspecified atom stereocenters. The van der Waals surface area contributed by atoms with E-state index in [4.69, 9.17) is 5.26 Å². The van der Waals surface area contributed by atoms with Crippen molar-refractivity contribution in [3.05, 3.63) is 52.9 Å². The van der Waals surface area contributed by atoms with Crippen LogP contribution in [0.25, 0.3) is 0 Å². The van der Waals surface area contributed by atoms with E-state index in [2.05, 4.69) is 15.6 Å². The van der Waals surface area contributed by atoms with Gasteiger partial charge in [0, 0.05) is 9.05 Å². The highest BCUT2D eigenvalue weighted by molar-refractivity contribution is 7.90. The van der Waals surface area contributed by atoms with Crippen molar-refractivity contribution in [2.75, 3.05) is 11.9 Å². The highest BCUT2D eigenvalue weighted by Crippen LogP contribution is 2.33. The fraction of sp³-hybridized carbons (Fsp3) is 0.222. The second-order valence-corrected chi connectivity index (χ2v) is 8.36. The van der Waals surface area contributed by atoms with E-state index in [0.717, 1.165) is 18.3 Å². The fourth-order valence-corrected chi connectivity index (χ4v) is 4.42. The third-order valence-electron chi connectivity index (χ3n) is 4.28. The van der Waals surface area contributed by atoms with Crippen LogP contribution in [0.3, 0.4) is 0 Å². The minimum atomic E-state index is -4.63. The molecule has 12 heteroatoms. The molecule has 1 aliphatic heterocycles. The maximum Gasteiger partial charge on any atom is 0.336 e. The predicted molar refractivity (Wildman–Crippen MR) is 104 cm³/mol. The number of nitrogens with zero attached hydrogens (tertiary/aromatic N) is 3. The number of carbonyl (C=O) groups excluding carboxylic acids is 2. The maximum atomic E-state index is 14.3. The monoisotopic (exact) mass is 439 g/mol. The van der Waals surface area contributed by atoms with Crippen LogP contribution in [0.2, 0.25) is 0 Å². The van der Waals surface area contributed by atoms with Gasteiger partial charge in [-0.05, 0) is 37.6 Å².